The Labute approximate surface area is 125 Å². The van der Waals surface area contributed by atoms with E-state index in [0.29, 0.717) is 31.3 Å². The predicted molar refractivity (Wildman–Crippen MR) is 79.8 cm³/mol. The summed E-state index contributed by atoms with van der Waals surface area (Å²) in [6.45, 7) is 4.08. The molecule has 0 aromatic heterocycles. The van der Waals surface area contributed by atoms with E-state index in [1.165, 1.54) is 0 Å². The van der Waals surface area contributed by atoms with Crippen molar-refractivity contribution in [2.45, 2.75) is 19.6 Å². The molecule has 6 nitrogen and oxygen atoms in total. The Kier molecular flexibility index (Phi) is 8.77. The Morgan fingerprint density at radius 3 is 2.76 bits per heavy atom. The minimum atomic E-state index is -0.908. The number of benzene rings is 1. The van der Waals surface area contributed by atoms with Crippen LogP contribution in [0.4, 0.5) is 0 Å². The highest BCUT2D eigenvalue weighted by atomic mass is 16.5. The molecule has 0 aliphatic heterocycles. The largest absolute Gasteiger partial charge is 0.490 e. The topological polar surface area (TPSA) is 80.2 Å². The van der Waals surface area contributed by atoms with Gasteiger partial charge in [-0.15, -0.1) is 0 Å². The maximum Gasteiger partial charge on any atom is 0.165 e. The van der Waals surface area contributed by atoms with Crippen LogP contribution in [0, 0.1) is 0 Å². The summed E-state index contributed by atoms with van der Waals surface area (Å²) in [5.74, 6) is 1.23. The van der Waals surface area contributed by atoms with Gasteiger partial charge in [-0.25, -0.2) is 0 Å². The molecular weight excluding hydrogens is 274 g/mol. The fourth-order valence-electron chi connectivity index (χ4n) is 1.76. The Hall–Kier alpha value is -1.34. The second-order valence-corrected chi connectivity index (χ2v) is 4.49. The Balaban J connectivity index is 2.76. The van der Waals surface area contributed by atoms with E-state index in [0.717, 1.165) is 12.1 Å². The summed E-state index contributed by atoms with van der Waals surface area (Å²) in [4.78, 5) is 0. The molecule has 0 bridgehead atoms. The first-order chi connectivity index (χ1) is 10.2. The third-order valence-electron chi connectivity index (χ3n) is 2.79. The van der Waals surface area contributed by atoms with Gasteiger partial charge in [0.25, 0.3) is 0 Å². The molecule has 0 fully saturated rings. The quantitative estimate of drug-likeness (QED) is 0.518. The molecule has 0 aliphatic rings. The van der Waals surface area contributed by atoms with Gasteiger partial charge >= 0.3 is 0 Å². The highest BCUT2D eigenvalue weighted by molar-refractivity contribution is 5.46. The van der Waals surface area contributed by atoms with E-state index in [4.69, 9.17) is 19.3 Å². The molecule has 0 saturated carbocycles. The van der Waals surface area contributed by atoms with Gasteiger partial charge in [0.2, 0.25) is 0 Å². The van der Waals surface area contributed by atoms with Crippen molar-refractivity contribution in [1.82, 2.24) is 5.32 Å². The van der Waals surface area contributed by atoms with Crippen molar-refractivity contribution in [1.29, 1.82) is 0 Å². The van der Waals surface area contributed by atoms with E-state index in [1.54, 1.807) is 7.11 Å². The molecular formula is C15H25NO5. The van der Waals surface area contributed by atoms with Crippen molar-refractivity contribution in [3.8, 4) is 11.5 Å². The molecule has 0 aliphatic carbocycles. The maximum absolute atomic E-state index is 9.43. The highest BCUT2D eigenvalue weighted by Gasteiger charge is 2.13. The smallest absolute Gasteiger partial charge is 0.165 e. The highest BCUT2D eigenvalue weighted by Crippen LogP contribution is 2.31. The molecule has 0 saturated heterocycles. The number of aliphatic hydroxyl groups excluding tert-OH is 2. The zero-order valence-corrected chi connectivity index (χ0v) is 12.7. The molecule has 120 valence electrons. The number of ether oxygens (including phenoxy) is 3. The average molecular weight is 299 g/mol. The molecule has 0 radical (unpaired) electrons. The second-order valence-electron chi connectivity index (χ2n) is 4.49. The molecule has 6 heteroatoms. The van der Waals surface area contributed by atoms with Gasteiger partial charge < -0.3 is 29.7 Å². The number of hydrogen-bond donors (Lipinski definition) is 3. The first kappa shape index (κ1) is 17.7. The Morgan fingerprint density at radius 2 is 2.10 bits per heavy atom. The fraction of sp³-hybridized carbons (Fsp3) is 0.600. The van der Waals surface area contributed by atoms with Gasteiger partial charge in [0, 0.05) is 25.8 Å². The van der Waals surface area contributed by atoms with Crippen molar-refractivity contribution < 1.29 is 24.4 Å². The second kappa shape index (κ2) is 10.4. The van der Waals surface area contributed by atoms with Crippen LogP contribution < -0.4 is 14.8 Å². The van der Waals surface area contributed by atoms with Crippen LogP contribution in [0.2, 0.25) is 0 Å². The summed E-state index contributed by atoms with van der Waals surface area (Å²) >= 11 is 0. The molecule has 1 aromatic rings. The van der Waals surface area contributed by atoms with Gasteiger partial charge in [-0.3, -0.25) is 0 Å². The van der Waals surface area contributed by atoms with Crippen molar-refractivity contribution >= 4 is 0 Å². The first-order valence-corrected chi connectivity index (χ1v) is 7.09. The van der Waals surface area contributed by atoms with Crippen LogP contribution >= 0.6 is 0 Å². The van der Waals surface area contributed by atoms with Crippen molar-refractivity contribution in [3.05, 3.63) is 23.8 Å². The van der Waals surface area contributed by atoms with Gasteiger partial charge in [-0.05, 0) is 13.0 Å². The molecule has 21 heavy (non-hydrogen) atoms. The van der Waals surface area contributed by atoms with Crippen LogP contribution in [-0.2, 0) is 11.3 Å². The van der Waals surface area contributed by atoms with Gasteiger partial charge in [-0.2, -0.15) is 0 Å². The summed E-state index contributed by atoms with van der Waals surface area (Å²) < 4.78 is 16.2. The fourth-order valence-corrected chi connectivity index (χ4v) is 1.76. The SMILES string of the molecule is CCOc1cccc(CNCCOC)c1OCC(O)CO. The van der Waals surface area contributed by atoms with E-state index in [9.17, 15) is 5.11 Å². The van der Waals surface area contributed by atoms with E-state index in [2.05, 4.69) is 5.32 Å². The lowest BCUT2D eigenvalue weighted by Crippen LogP contribution is -2.23. The number of rotatable bonds is 11. The van der Waals surface area contributed by atoms with Crippen LogP contribution in [0.3, 0.4) is 0 Å². The summed E-state index contributed by atoms with van der Waals surface area (Å²) in [7, 11) is 1.65. The van der Waals surface area contributed by atoms with Crippen molar-refractivity contribution in [3.63, 3.8) is 0 Å². The van der Waals surface area contributed by atoms with Crippen LogP contribution in [0.25, 0.3) is 0 Å². The van der Waals surface area contributed by atoms with Crippen LogP contribution in [0.1, 0.15) is 12.5 Å². The Bertz CT molecular complexity index is 400. The average Bonchev–Trinajstić information content (AvgIpc) is 2.50. The lowest BCUT2D eigenvalue weighted by Gasteiger charge is -2.17. The number of para-hydroxylation sites is 1. The van der Waals surface area contributed by atoms with E-state index >= 15 is 0 Å². The van der Waals surface area contributed by atoms with E-state index < -0.39 is 6.10 Å². The molecule has 1 rings (SSSR count). The summed E-state index contributed by atoms with van der Waals surface area (Å²) in [5.41, 5.74) is 0.933. The van der Waals surface area contributed by atoms with E-state index in [1.807, 2.05) is 25.1 Å². The monoisotopic (exact) mass is 299 g/mol. The number of aliphatic hydroxyl groups is 2. The normalized spacial score (nSPS) is 12.2. The molecule has 0 heterocycles. The minimum absolute atomic E-state index is 0.0195. The van der Waals surface area contributed by atoms with Crippen molar-refractivity contribution in [2.75, 3.05) is 40.1 Å². The number of nitrogens with one attached hydrogen (secondary N) is 1. The molecule has 1 unspecified atom stereocenters. The van der Waals surface area contributed by atoms with Gasteiger partial charge in [-0.1, -0.05) is 12.1 Å². The molecule has 3 N–H and O–H groups in total. The molecule has 0 spiro atoms. The minimum Gasteiger partial charge on any atom is -0.490 e. The molecule has 1 aromatic carbocycles. The molecule has 1 atom stereocenters. The zero-order valence-electron chi connectivity index (χ0n) is 12.7. The first-order valence-electron chi connectivity index (χ1n) is 7.09. The molecule has 0 amide bonds. The summed E-state index contributed by atoms with van der Waals surface area (Å²) in [6, 6.07) is 5.65. The van der Waals surface area contributed by atoms with Crippen molar-refractivity contribution in [2.24, 2.45) is 0 Å². The van der Waals surface area contributed by atoms with E-state index in [-0.39, 0.29) is 13.2 Å². The Morgan fingerprint density at radius 1 is 1.29 bits per heavy atom. The predicted octanol–water partition coefficient (Wildman–Crippen LogP) is 0.553. The number of hydrogen-bond acceptors (Lipinski definition) is 6. The third-order valence-corrected chi connectivity index (χ3v) is 2.79. The van der Waals surface area contributed by atoms with Gasteiger partial charge in [0.15, 0.2) is 11.5 Å². The van der Waals surface area contributed by atoms with Gasteiger partial charge in [0.05, 0.1) is 19.8 Å². The lowest BCUT2D eigenvalue weighted by atomic mass is 10.2. The number of methoxy groups -OCH3 is 1. The standard InChI is InChI=1S/C15H25NO5/c1-3-20-14-6-4-5-12(9-16-7-8-19-2)15(14)21-11-13(18)10-17/h4-6,13,16-18H,3,7-11H2,1-2H3. The van der Waals surface area contributed by atoms with Gasteiger partial charge in [0.1, 0.15) is 12.7 Å². The zero-order chi connectivity index (χ0) is 15.5. The maximum atomic E-state index is 9.43. The van der Waals surface area contributed by atoms with Crippen LogP contribution in [0.15, 0.2) is 18.2 Å². The summed E-state index contributed by atoms with van der Waals surface area (Å²) in [5, 5.41) is 21.5. The van der Waals surface area contributed by atoms with Crippen LogP contribution in [0.5, 0.6) is 11.5 Å². The van der Waals surface area contributed by atoms with Crippen LogP contribution in [-0.4, -0.2) is 56.4 Å². The lowest BCUT2D eigenvalue weighted by molar-refractivity contribution is 0.0521. The summed E-state index contributed by atoms with van der Waals surface area (Å²) in [6.07, 6.45) is -0.908. The third kappa shape index (κ3) is 6.31.